The molecule has 2 aromatic carbocycles. The van der Waals surface area contributed by atoms with Crippen molar-refractivity contribution in [2.45, 2.75) is 46.1 Å². The fourth-order valence-electron chi connectivity index (χ4n) is 6.01. The molecule has 0 unspecified atom stereocenters. The minimum absolute atomic E-state index is 0.0234. The first-order chi connectivity index (χ1) is 18.1. The highest BCUT2D eigenvalue weighted by Crippen LogP contribution is 2.48. The lowest BCUT2D eigenvalue weighted by Gasteiger charge is -2.38. The average Bonchev–Trinajstić information content (AvgIpc) is 3.16. The number of fused-ring (bicyclic) bond motifs is 2. The molecule has 4 atom stereocenters. The van der Waals surface area contributed by atoms with Crippen molar-refractivity contribution < 1.29 is 34.4 Å². The molecule has 1 aliphatic heterocycles. The Kier molecular flexibility index (Phi) is 8.04. The molecule has 0 saturated carbocycles. The molecule has 3 N–H and O–H groups in total. The third-order valence-corrected chi connectivity index (χ3v) is 7.88. The quantitative estimate of drug-likeness (QED) is 0.364. The maximum absolute atomic E-state index is 13.1. The second-order valence-electron chi connectivity index (χ2n) is 10.5. The molecule has 0 spiro atoms. The Morgan fingerprint density at radius 3 is 2.45 bits per heavy atom. The summed E-state index contributed by atoms with van der Waals surface area (Å²) in [6.07, 6.45) is 1.24. The van der Waals surface area contributed by atoms with Crippen molar-refractivity contribution in [1.82, 2.24) is 4.90 Å². The normalized spacial score (nSPS) is 22.9. The Hall–Kier alpha value is -3.49. The number of allylic oxidation sites excluding steroid dienone is 2. The van der Waals surface area contributed by atoms with Crippen LogP contribution < -0.4 is 0 Å². The number of benzene rings is 2. The van der Waals surface area contributed by atoms with Crippen LogP contribution in [0.25, 0.3) is 16.8 Å². The Morgan fingerprint density at radius 2 is 1.82 bits per heavy atom. The van der Waals surface area contributed by atoms with E-state index in [0.29, 0.717) is 23.3 Å². The number of ether oxygens (including phenoxy) is 1. The number of likely N-dealkylation sites (tertiary alicyclic amines) is 1. The molecule has 2 aromatic rings. The molecular weight excluding hydrogens is 486 g/mol. The number of methoxy groups -OCH3 is 1. The summed E-state index contributed by atoms with van der Waals surface area (Å²) in [6.45, 7) is 5.46. The fourth-order valence-corrected chi connectivity index (χ4v) is 6.01. The van der Waals surface area contributed by atoms with E-state index in [2.05, 4.69) is 4.74 Å². The number of phenols is 1. The number of aliphatic hydroxyl groups excluding tert-OH is 2. The van der Waals surface area contributed by atoms with Crippen molar-refractivity contribution in [3.05, 3.63) is 58.7 Å². The summed E-state index contributed by atoms with van der Waals surface area (Å²) in [5, 5.41) is 33.6. The van der Waals surface area contributed by atoms with E-state index in [4.69, 9.17) is 0 Å². The number of hydrogen-bond acceptors (Lipinski definition) is 7. The Morgan fingerprint density at radius 1 is 1.13 bits per heavy atom. The smallest absolute Gasteiger partial charge is 0.423 e. The van der Waals surface area contributed by atoms with Crippen LogP contribution in [0, 0.1) is 23.7 Å². The summed E-state index contributed by atoms with van der Waals surface area (Å²) in [6, 6.07) is 11.1. The van der Waals surface area contributed by atoms with Gasteiger partial charge in [-0.25, -0.2) is 4.79 Å². The molecule has 2 aliphatic rings. The maximum Gasteiger partial charge on any atom is 0.423 e. The first kappa shape index (κ1) is 27.5. The van der Waals surface area contributed by atoms with Gasteiger partial charge < -0.3 is 20.1 Å². The lowest BCUT2D eigenvalue weighted by Crippen LogP contribution is -2.40. The molecule has 8 heteroatoms. The van der Waals surface area contributed by atoms with Crippen LogP contribution in [0.2, 0.25) is 0 Å². The van der Waals surface area contributed by atoms with E-state index in [0.717, 1.165) is 34.6 Å². The van der Waals surface area contributed by atoms with E-state index in [-0.39, 0.29) is 18.1 Å². The van der Waals surface area contributed by atoms with E-state index >= 15 is 0 Å². The second-order valence-corrected chi connectivity index (χ2v) is 10.5. The molecule has 1 heterocycles. The van der Waals surface area contributed by atoms with E-state index < -0.39 is 48.4 Å². The van der Waals surface area contributed by atoms with E-state index in [1.54, 1.807) is 6.07 Å². The highest BCUT2D eigenvalue weighted by molar-refractivity contribution is 6.16. The monoisotopic (exact) mass is 521 g/mol. The zero-order valence-electron chi connectivity index (χ0n) is 22.2. The number of phenolic OH excluding ortho intramolecular Hbond substituents is 1. The van der Waals surface area contributed by atoms with Crippen LogP contribution in [0.1, 0.15) is 45.6 Å². The molecule has 0 radical (unpaired) electrons. The van der Waals surface area contributed by atoms with E-state index in [1.807, 2.05) is 57.2 Å². The minimum Gasteiger partial charge on any atom is -0.507 e. The van der Waals surface area contributed by atoms with Gasteiger partial charge in [0.2, 0.25) is 11.8 Å². The van der Waals surface area contributed by atoms with Crippen LogP contribution in [0.5, 0.6) is 5.75 Å². The summed E-state index contributed by atoms with van der Waals surface area (Å²) < 4.78 is 4.65. The van der Waals surface area contributed by atoms with Gasteiger partial charge in [-0.2, -0.15) is 4.90 Å². The SMILES string of the molecule is COC(=O)N1C(=O)[C@@H]2[C@@H](CC(C(C)C)=C([C@H](O)CC/C(C)=C/c3ccc(O)c4ccccc34)[C@@H]2CO)C1=O. The number of nitrogens with zero attached hydrogens (tertiary/aromatic N) is 1. The maximum atomic E-state index is 13.1. The topological polar surface area (TPSA) is 124 Å². The molecule has 38 heavy (non-hydrogen) atoms. The third-order valence-electron chi connectivity index (χ3n) is 7.88. The summed E-state index contributed by atoms with van der Waals surface area (Å²) in [5.41, 5.74) is 3.42. The minimum atomic E-state index is -1.03. The zero-order chi connectivity index (χ0) is 27.7. The predicted molar refractivity (Wildman–Crippen MR) is 143 cm³/mol. The Balaban J connectivity index is 1.60. The van der Waals surface area contributed by atoms with Crippen molar-refractivity contribution in [1.29, 1.82) is 0 Å². The van der Waals surface area contributed by atoms with Crippen LogP contribution in [0.4, 0.5) is 4.79 Å². The molecule has 1 saturated heterocycles. The third kappa shape index (κ3) is 4.86. The predicted octanol–water partition coefficient (Wildman–Crippen LogP) is 4.42. The van der Waals surface area contributed by atoms with Crippen molar-refractivity contribution in [3.63, 3.8) is 0 Å². The number of carbonyl (C=O) groups excluding carboxylic acids is 3. The number of amides is 3. The fraction of sp³-hybridized carbons (Fsp3) is 0.433. The summed E-state index contributed by atoms with van der Waals surface area (Å²) >= 11 is 0. The van der Waals surface area contributed by atoms with Gasteiger partial charge in [-0.15, -0.1) is 0 Å². The van der Waals surface area contributed by atoms with Crippen LogP contribution in [0.3, 0.4) is 0 Å². The Labute approximate surface area is 222 Å². The number of carbonyl (C=O) groups is 3. The first-order valence-corrected chi connectivity index (χ1v) is 13.0. The van der Waals surface area contributed by atoms with Gasteiger partial charge >= 0.3 is 6.09 Å². The molecule has 202 valence electrons. The highest BCUT2D eigenvalue weighted by atomic mass is 16.5. The standard InChI is InChI=1S/C30H35NO7/c1-16(2)21-14-22-27(29(36)31(28(22)35)30(37)38-4)23(15-32)26(21)25(34)11-9-17(3)13-18-10-12-24(33)20-8-6-5-7-19(18)20/h5-8,10,12-13,16,22-23,25,27,32-34H,9,11,14-15H2,1-4H3/b17-13+/t22-,23+,25-,27-/m1/s1. The molecular formula is C30H35NO7. The first-order valence-electron chi connectivity index (χ1n) is 13.0. The van der Waals surface area contributed by atoms with Gasteiger partial charge in [0, 0.05) is 11.3 Å². The van der Waals surface area contributed by atoms with Gasteiger partial charge in [-0.3, -0.25) is 9.59 Å². The molecule has 0 aromatic heterocycles. The number of aliphatic hydroxyl groups is 2. The number of aromatic hydroxyl groups is 1. The Bertz CT molecular complexity index is 1330. The van der Waals surface area contributed by atoms with Gasteiger partial charge in [0.15, 0.2) is 0 Å². The largest absolute Gasteiger partial charge is 0.507 e. The summed E-state index contributed by atoms with van der Waals surface area (Å²) in [4.78, 5) is 38.8. The van der Waals surface area contributed by atoms with Crippen molar-refractivity contribution in [2.24, 2.45) is 23.7 Å². The van der Waals surface area contributed by atoms with Crippen molar-refractivity contribution in [3.8, 4) is 5.75 Å². The average molecular weight is 522 g/mol. The van der Waals surface area contributed by atoms with E-state index in [9.17, 15) is 29.7 Å². The molecule has 0 bridgehead atoms. The van der Waals surface area contributed by atoms with Crippen LogP contribution in [-0.4, -0.2) is 57.9 Å². The lowest BCUT2D eigenvalue weighted by atomic mass is 9.66. The number of rotatable bonds is 7. The van der Waals surface area contributed by atoms with Gasteiger partial charge in [0.25, 0.3) is 0 Å². The number of imide groups is 3. The molecule has 1 aliphatic carbocycles. The van der Waals surface area contributed by atoms with Crippen molar-refractivity contribution >= 4 is 34.8 Å². The van der Waals surface area contributed by atoms with Crippen LogP contribution in [0.15, 0.2) is 53.1 Å². The van der Waals surface area contributed by atoms with Gasteiger partial charge in [-0.1, -0.05) is 61.4 Å². The summed E-state index contributed by atoms with van der Waals surface area (Å²) in [7, 11) is 1.11. The molecule has 1 fully saturated rings. The molecule has 4 rings (SSSR count). The van der Waals surface area contributed by atoms with Gasteiger partial charge in [-0.05, 0) is 54.7 Å². The van der Waals surface area contributed by atoms with Gasteiger partial charge in [0.05, 0.1) is 31.7 Å². The van der Waals surface area contributed by atoms with E-state index in [1.165, 1.54) is 0 Å². The van der Waals surface area contributed by atoms with Crippen LogP contribution >= 0.6 is 0 Å². The lowest BCUT2D eigenvalue weighted by molar-refractivity contribution is -0.137. The van der Waals surface area contributed by atoms with Crippen LogP contribution in [-0.2, 0) is 14.3 Å². The molecule has 8 nitrogen and oxygen atoms in total. The highest BCUT2D eigenvalue weighted by Gasteiger charge is 2.57. The molecule has 3 amide bonds. The zero-order valence-corrected chi connectivity index (χ0v) is 22.2. The summed E-state index contributed by atoms with van der Waals surface area (Å²) in [5.74, 6) is -3.56. The second kappa shape index (κ2) is 11.1. The van der Waals surface area contributed by atoms with Crippen molar-refractivity contribution in [2.75, 3.05) is 13.7 Å². The van der Waals surface area contributed by atoms with Gasteiger partial charge in [0.1, 0.15) is 5.75 Å². The number of hydrogen-bond donors (Lipinski definition) is 3.